The molecule has 0 aromatic heterocycles. The maximum absolute atomic E-state index is 13.1. The average molecular weight is 212 g/mol. The van der Waals surface area contributed by atoms with Crippen LogP contribution in [0, 0.1) is 5.82 Å². The van der Waals surface area contributed by atoms with Crippen LogP contribution < -0.4 is 15.4 Å². The molecule has 3 nitrogen and oxygen atoms in total. The van der Waals surface area contributed by atoms with E-state index in [2.05, 4.69) is 0 Å². The zero-order chi connectivity index (χ0) is 11.4. The van der Waals surface area contributed by atoms with Gasteiger partial charge in [0.05, 0.1) is 12.8 Å². The molecule has 0 spiro atoms. The minimum atomic E-state index is -0.276. The molecule has 0 aliphatic carbocycles. The van der Waals surface area contributed by atoms with Gasteiger partial charge in [-0.25, -0.2) is 4.39 Å². The van der Waals surface area contributed by atoms with Crippen LogP contribution >= 0.6 is 0 Å². The van der Waals surface area contributed by atoms with Crippen LogP contribution in [-0.2, 0) is 0 Å². The highest BCUT2D eigenvalue weighted by Crippen LogP contribution is 2.27. The topological polar surface area (TPSA) is 38.5 Å². The van der Waals surface area contributed by atoms with Crippen molar-refractivity contribution < 1.29 is 9.13 Å². The standard InChI is InChI=1S/C11H17FN2O/c1-8(13)7-14(2)10-6-9(12)4-5-11(10)15-3/h4-6,8H,7,13H2,1-3H3. The molecule has 0 aliphatic heterocycles. The van der Waals surface area contributed by atoms with Crippen molar-refractivity contribution in [3.63, 3.8) is 0 Å². The van der Waals surface area contributed by atoms with Crippen LogP contribution in [0.1, 0.15) is 6.92 Å². The van der Waals surface area contributed by atoms with Gasteiger partial charge in [-0.15, -0.1) is 0 Å². The molecule has 1 atom stereocenters. The number of likely N-dealkylation sites (N-methyl/N-ethyl adjacent to an activating group) is 1. The first kappa shape index (κ1) is 11.8. The van der Waals surface area contributed by atoms with Gasteiger partial charge in [-0.2, -0.15) is 0 Å². The number of nitrogens with zero attached hydrogens (tertiary/aromatic N) is 1. The van der Waals surface area contributed by atoms with Crippen molar-refractivity contribution in [2.75, 3.05) is 25.6 Å². The smallest absolute Gasteiger partial charge is 0.142 e. The van der Waals surface area contributed by atoms with Crippen LogP contribution in [0.2, 0.25) is 0 Å². The Morgan fingerprint density at radius 3 is 2.73 bits per heavy atom. The summed E-state index contributed by atoms with van der Waals surface area (Å²) in [5.41, 5.74) is 6.40. The molecule has 15 heavy (non-hydrogen) atoms. The van der Waals surface area contributed by atoms with Crippen molar-refractivity contribution in [1.29, 1.82) is 0 Å². The fraction of sp³-hybridized carbons (Fsp3) is 0.455. The van der Waals surface area contributed by atoms with E-state index in [-0.39, 0.29) is 11.9 Å². The predicted octanol–water partition coefficient (Wildman–Crippen LogP) is 1.62. The molecule has 4 heteroatoms. The van der Waals surface area contributed by atoms with E-state index in [1.807, 2.05) is 18.9 Å². The maximum Gasteiger partial charge on any atom is 0.142 e. The summed E-state index contributed by atoms with van der Waals surface area (Å²) >= 11 is 0. The Bertz CT molecular complexity index is 328. The number of halogens is 1. The molecule has 0 saturated heterocycles. The molecule has 0 heterocycles. The summed E-state index contributed by atoms with van der Waals surface area (Å²) in [6.07, 6.45) is 0. The largest absolute Gasteiger partial charge is 0.495 e. The molecular weight excluding hydrogens is 195 g/mol. The quantitative estimate of drug-likeness (QED) is 0.824. The molecule has 0 bridgehead atoms. The van der Waals surface area contributed by atoms with Gasteiger partial charge in [0.2, 0.25) is 0 Å². The van der Waals surface area contributed by atoms with Crippen molar-refractivity contribution in [2.45, 2.75) is 13.0 Å². The summed E-state index contributed by atoms with van der Waals surface area (Å²) in [7, 11) is 3.43. The van der Waals surface area contributed by atoms with E-state index >= 15 is 0 Å². The number of ether oxygens (including phenoxy) is 1. The monoisotopic (exact) mass is 212 g/mol. The van der Waals surface area contributed by atoms with E-state index in [4.69, 9.17) is 10.5 Å². The van der Waals surface area contributed by atoms with Gasteiger partial charge in [0.15, 0.2) is 0 Å². The Morgan fingerprint density at radius 2 is 2.20 bits per heavy atom. The van der Waals surface area contributed by atoms with Crippen molar-refractivity contribution >= 4 is 5.69 Å². The lowest BCUT2D eigenvalue weighted by atomic mass is 10.2. The van der Waals surface area contributed by atoms with Crippen molar-refractivity contribution in [1.82, 2.24) is 0 Å². The van der Waals surface area contributed by atoms with Gasteiger partial charge in [0, 0.05) is 25.7 Å². The molecule has 0 saturated carbocycles. The van der Waals surface area contributed by atoms with Gasteiger partial charge in [-0.1, -0.05) is 0 Å². The molecule has 1 rings (SSSR count). The van der Waals surface area contributed by atoms with Gasteiger partial charge in [0.25, 0.3) is 0 Å². The van der Waals surface area contributed by atoms with Gasteiger partial charge >= 0.3 is 0 Å². The van der Waals surface area contributed by atoms with Gasteiger partial charge < -0.3 is 15.4 Å². The maximum atomic E-state index is 13.1. The zero-order valence-corrected chi connectivity index (χ0v) is 9.33. The minimum absolute atomic E-state index is 0.0305. The van der Waals surface area contributed by atoms with Crippen LogP contribution in [0.4, 0.5) is 10.1 Å². The summed E-state index contributed by atoms with van der Waals surface area (Å²) in [6.45, 7) is 2.56. The van der Waals surface area contributed by atoms with E-state index in [1.165, 1.54) is 12.1 Å². The third-order valence-electron chi connectivity index (χ3n) is 2.11. The molecule has 0 aliphatic rings. The second-order valence-electron chi connectivity index (χ2n) is 3.67. The lowest BCUT2D eigenvalue weighted by Gasteiger charge is -2.23. The average Bonchev–Trinajstić information content (AvgIpc) is 2.16. The van der Waals surface area contributed by atoms with Crippen molar-refractivity contribution in [3.05, 3.63) is 24.0 Å². The van der Waals surface area contributed by atoms with Crippen LogP contribution in [0.3, 0.4) is 0 Å². The molecule has 1 unspecified atom stereocenters. The molecule has 1 aromatic carbocycles. The SMILES string of the molecule is COc1ccc(F)cc1N(C)CC(C)N. The Kier molecular flexibility index (Phi) is 3.91. The number of hydrogen-bond acceptors (Lipinski definition) is 3. The summed E-state index contributed by atoms with van der Waals surface area (Å²) in [6, 6.07) is 4.47. The number of benzene rings is 1. The first-order valence-electron chi connectivity index (χ1n) is 4.85. The van der Waals surface area contributed by atoms with E-state index in [9.17, 15) is 4.39 Å². The number of nitrogens with two attached hydrogens (primary N) is 1. The number of anilines is 1. The predicted molar refractivity (Wildman–Crippen MR) is 59.9 cm³/mol. The van der Waals surface area contributed by atoms with Crippen LogP contribution in [0.25, 0.3) is 0 Å². The first-order valence-corrected chi connectivity index (χ1v) is 4.85. The zero-order valence-electron chi connectivity index (χ0n) is 9.33. The Hall–Kier alpha value is -1.29. The number of rotatable bonds is 4. The highest BCUT2D eigenvalue weighted by Gasteiger charge is 2.10. The highest BCUT2D eigenvalue weighted by atomic mass is 19.1. The molecule has 0 fully saturated rings. The van der Waals surface area contributed by atoms with Gasteiger partial charge in [-0.05, 0) is 19.1 Å². The summed E-state index contributed by atoms with van der Waals surface area (Å²) in [4.78, 5) is 1.88. The van der Waals surface area contributed by atoms with Crippen molar-refractivity contribution in [3.8, 4) is 5.75 Å². The molecular formula is C11H17FN2O. The van der Waals surface area contributed by atoms with E-state index in [1.54, 1.807) is 13.2 Å². The lowest BCUT2D eigenvalue weighted by molar-refractivity contribution is 0.413. The molecule has 1 aromatic rings. The Balaban J connectivity index is 2.94. The fourth-order valence-electron chi connectivity index (χ4n) is 1.49. The van der Waals surface area contributed by atoms with E-state index < -0.39 is 0 Å². The second-order valence-corrected chi connectivity index (χ2v) is 3.67. The van der Waals surface area contributed by atoms with E-state index in [0.717, 1.165) is 5.69 Å². The fourth-order valence-corrected chi connectivity index (χ4v) is 1.49. The highest BCUT2D eigenvalue weighted by molar-refractivity contribution is 5.58. The molecule has 84 valence electrons. The third-order valence-corrected chi connectivity index (χ3v) is 2.11. The van der Waals surface area contributed by atoms with Crippen LogP contribution in [-0.4, -0.2) is 26.7 Å². The summed E-state index contributed by atoms with van der Waals surface area (Å²) in [5, 5.41) is 0. The normalized spacial score (nSPS) is 12.3. The van der Waals surface area contributed by atoms with E-state index in [0.29, 0.717) is 12.3 Å². The van der Waals surface area contributed by atoms with Crippen LogP contribution in [0.5, 0.6) is 5.75 Å². The lowest BCUT2D eigenvalue weighted by Crippen LogP contribution is -2.33. The molecule has 0 radical (unpaired) electrons. The first-order chi connectivity index (χ1) is 7.04. The number of methoxy groups -OCH3 is 1. The van der Waals surface area contributed by atoms with Gasteiger partial charge in [0.1, 0.15) is 11.6 Å². The third kappa shape index (κ3) is 3.09. The van der Waals surface area contributed by atoms with Crippen LogP contribution in [0.15, 0.2) is 18.2 Å². The van der Waals surface area contributed by atoms with Crippen molar-refractivity contribution in [2.24, 2.45) is 5.73 Å². The number of hydrogen-bond donors (Lipinski definition) is 1. The summed E-state index contributed by atoms with van der Waals surface area (Å²) in [5.74, 6) is 0.377. The molecule has 0 amide bonds. The minimum Gasteiger partial charge on any atom is -0.495 e. The van der Waals surface area contributed by atoms with Gasteiger partial charge in [-0.3, -0.25) is 0 Å². The Labute approximate surface area is 89.6 Å². The second kappa shape index (κ2) is 4.98. The summed E-state index contributed by atoms with van der Waals surface area (Å²) < 4.78 is 18.2. The molecule has 2 N–H and O–H groups in total. The Morgan fingerprint density at radius 1 is 1.53 bits per heavy atom.